The van der Waals surface area contributed by atoms with Crippen molar-refractivity contribution in [1.82, 2.24) is 20.2 Å². The molecular weight excluding hydrogens is 280 g/mol. The molecule has 1 aliphatic heterocycles. The molecule has 0 amide bonds. The minimum Gasteiger partial charge on any atom is -0.354 e. The molecule has 0 aromatic carbocycles. The Balaban J connectivity index is 1.80. The van der Waals surface area contributed by atoms with Crippen molar-refractivity contribution in [2.45, 2.75) is 19.3 Å². The Kier molecular flexibility index (Phi) is 3.79. The Hall–Kier alpha value is -2.44. The third-order valence-electron chi connectivity index (χ3n) is 3.89. The summed E-state index contributed by atoms with van der Waals surface area (Å²) in [6.07, 6.45) is 0.957. The summed E-state index contributed by atoms with van der Waals surface area (Å²) in [5.41, 5.74) is 1.64. The average molecular weight is 300 g/mol. The molecular formula is C15H20N6O. The molecule has 22 heavy (non-hydrogen) atoms. The van der Waals surface area contributed by atoms with Gasteiger partial charge in [0.05, 0.1) is 11.4 Å². The van der Waals surface area contributed by atoms with E-state index in [1.807, 2.05) is 38.1 Å². The summed E-state index contributed by atoms with van der Waals surface area (Å²) in [6, 6.07) is 5.55. The molecule has 0 aliphatic carbocycles. The normalized spacial score (nSPS) is 17.8. The molecule has 2 aromatic heterocycles. The maximum Gasteiger partial charge on any atom is 0.252 e. The van der Waals surface area contributed by atoms with Crippen LogP contribution in [0.3, 0.4) is 0 Å². The van der Waals surface area contributed by atoms with Gasteiger partial charge in [-0.1, -0.05) is 0 Å². The van der Waals surface area contributed by atoms with Gasteiger partial charge in [0.25, 0.3) is 5.56 Å². The third-order valence-corrected chi connectivity index (χ3v) is 3.89. The standard InChI is InChI=1S/C15H20N6O/c1-10-4-5-13(19-18-10)21-7-6-11(9-21)12-8-14(22)17-15(16-12)20(2)3/h4-5,8,11H,6-7,9H2,1-3H3,(H,16,17,22). The molecule has 0 saturated carbocycles. The van der Waals surface area contributed by atoms with Crippen molar-refractivity contribution in [3.63, 3.8) is 0 Å². The van der Waals surface area contributed by atoms with Gasteiger partial charge in [0, 0.05) is 39.2 Å². The zero-order valence-electron chi connectivity index (χ0n) is 13.1. The van der Waals surface area contributed by atoms with Gasteiger partial charge in [-0.05, 0) is 25.5 Å². The summed E-state index contributed by atoms with van der Waals surface area (Å²) in [7, 11) is 3.73. The lowest BCUT2D eigenvalue weighted by Crippen LogP contribution is -2.23. The smallest absolute Gasteiger partial charge is 0.252 e. The van der Waals surface area contributed by atoms with Crippen LogP contribution in [0.25, 0.3) is 0 Å². The van der Waals surface area contributed by atoms with Crippen LogP contribution in [0.5, 0.6) is 0 Å². The van der Waals surface area contributed by atoms with Gasteiger partial charge in [-0.2, -0.15) is 5.10 Å². The lowest BCUT2D eigenvalue weighted by atomic mass is 10.1. The van der Waals surface area contributed by atoms with E-state index in [2.05, 4.69) is 25.1 Å². The van der Waals surface area contributed by atoms with E-state index in [1.54, 1.807) is 6.07 Å². The van der Waals surface area contributed by atoms with Crippen molar-refractivity contribution in [2.75, 3.05) is 37.0 Å². The zero-order valence-corrected chi connectivity index (χ0v) is 13.1. The first-order valence-corrected chi connectivity index (χ1v) is 7.37. The fourth-order valence-electron chi connectivity index (χ4n) is 2.65. The van der Waals surface area contributed by atoms with Gasteiger partial charge in [-0.25, -0.2) is 4.98 Å². The molecule has 1 aliphatic rings. The number of nitrogens with zero attached hydrogens (tertiary/aromatic N) is 5. The first-order valence-electron chi connectivity index (χ1n) is 7.37. The van der Waals surface area contributed by atoms with E-state index in [1.165, 1.54) is 0 Å². The van der Waals surface area contributed by atoms with E-state index in [0.29, 0.717) is 5.95 Å². The molecule has 116 valence electrons. The van der Waals surface area contributed by atoms with Gasteiger partial charge in [0.15, 0.2) is 5.82 Å². The SMILES string of the molecule is Cc1ccc(N2CCC(c3cc(=O)[nH]c(N(C)C)n3)C2)nn1. The van der Waals surface area contributed by atoms with Gasteiger partial charge in [-0.3, -0.25) is 9.78 Å². The van der Waals surface area contributed by atoms with Gasteiger partial charge in [0.1, 0.15) is 0 Å². The molecule has 7 nitrogen and oxygen atoms in total. The Labute approximate surface area is 129 Å². The molecule has 1 atom stereocenters. The highest BCUT2D eigenvalue weighted by molar-refractivity contribution is 5.40. The molecule has 1 unspecified atom stereocenters. The van der Waals surface area contributed by atoms with E-state index in [-0.39, 0.29) is 11.5 Å². The third kappa shape index (κ3) is 2.93. The lowest BCUT2D eigenvalue weighted by molar-refractivity contribution is 0.732. The van der Waals surface area contributed by atoms with Crippen molar-refractivity contribution in [3.8, 4) is 0 Å². The zero-order chi connectivity index (χ0) is 15.7. The fourth-order valence-corrected chi connectivity index (χ4v) is 2.65. The Morgan fingerprint density at radius 3 is 2.82 bits per heavy atom. The van der Waals surface area contributed by atoms with Crippen molar-refractivity contribution in [1.29, 1.82) is 0 Å². The van der Waals surface area contributed by atoms with E-state index in [9.17, 15) is 4.79 Å². The second-order valence-corrected chi connectivity index (χ2v) is 5.85. The minimum atomic E-state index is -0.109. The van der Waals surface area contributed by atoms with E-state index < -0.39 is 0 Å². The molecule has 0 bridgehead atoms. The maximum absolute atomic E-state index is 11.8. The molecule has 1 N–H and O–H groups in total. The highest BCUT2D eigenvalue weighted by Crippen LogP contribution is 2.28. The van der Waals surface area contributed by atoms with Crippen LogP contribution < -0.4 is 15.4 Å². The second kappa shape index (κ2) is 5.75. The topological polar surface area (TPSA) is 78.0 Å². The minimum absolute atomic E-state index is 0.109. The average Bonchev–Trinajstić information content (AvgIpc) is 2.97. The molecule has 2 aromatic rings. The number of rotatable bonds is 3. The van der Waals surface area contributed by atoms with Crippen LogP contribution in [0.1, 0.15) is 23.7 Å². The van der Waals surface area contributed by atoms with Crippen molar-refractivity contribution < 1.29 is 0 Å². The number of aryl methyl sites for hydroxylation is 1. The number of H-pyrrole nitrogens is 1. The van der Waals surface area contributed by atoms with Crippen LogP contribution >= 0.6 is 0 Å². The number of aromatic amines is 1. The highest BCUT2D eigenvalue weighted by atomic mass is 16.1. The van der Waals surface area contributed by atoms with Crippen LogP contribution in [0.15, 0.2) is 23.0 Å². The van der Waals surface area contributed by atoms with E-state index in [4.69, 9.17) is 0 Å². The Morgan fingerprint density at radius 2 is 2.14 bits per heavy atom. The molecule has 1 fully saturated rings. The number of hydrogen-bond donors (Lipinski definition) is 1. The molecule has 3 heterocycles. The summed E-state index contributed by atoms with van der Waals surface area (Å²) in [4.78, 5) is 23.1. The van der Waals surface area contributed by atoms with Crippen LogP contribution in [0.4, 0.5) is 11.8 Å². The number of nitrogens with one attached hydrogen (secondary N) is 1. The van der Waals surface area contributed by atoms with Gasteiger partial charge < -0.3 is 9.80 Å². The summed E-state index contributed by atoms with van der Waals surface area (Å²) in [5.74, 6) is 1.71. The number of hydrogen-bond acceptors (Lipinski definition) is 6. The number of aromatic nitrogens is 4. The molecule has 7 heteroatoms. The fraction of sp³-hybridized carbons (Fsp3) is 0.467. The molecule has 1 saturated heterocycles. The first-order chi connectivity index (χ1) is 10.5. The van der Waals surface area contributed by atoms with Gasteiger partial charge >= 0.3 is 0 Å². The van der Waals surface area contributed by atoms with Gasteiger partial charge in [0.2, 0.25) is 5.95 Å². The Morgan fingerprint density at radius 1 is 1.32 bits per heavy atom. The van der Waals surface area contributed by atoms with Crippen molar-refractivity contribution in [2.24, 2.45) is 0 Å². The predicted molar refractivity (Wildman–Crippen MR) is 85.5 cm³/mol. The first kappa shape index (κ1) is 14.5. The lowest BCUT2D eigenvalue weighted by Gasteiger charge is -2.17. The summed E-state index contributed by atoms with van der Waals surface area (Å²) in [5, 5.41) is 8.34. The summed E-state index contributed by atoms with van der Waals surface area (Å²) >= 11 is 0. The van der Waals surface area contributed by atoms with Crippen LogP contribution in [0.2, 0.25) is 0 Å². The van der Waals surface area contributed by atoms with Crippen LogP contribution in [-0.2, 0) is 0 Å². The van der Waals surface area contributed by atoms with Crippen LogP contribution in [0, 0.1) is 6.92 Å². The molecule has 0 radical (unpaired) electrons. The van der Waals surface area contributed by atoms with Gasteiger partial charge in [-0.15, -0.1) is 5.10 Å². The monoisotopic (exact) mass is 300 g/mol. The van der Waals surface area contributed by atoms with Crippen molar-refractivity contribution in [3.05, 3.63) is 39.9 Å². The summed E-state index contributed by atoms with van der Waals surface area (Å²) < 4.78 is 0. The Bertz CT molecular complexity index is 709. The highest BCUT2D eigenvalue weighted by Gasteiger charge is 2.26. The largest absolute Gasteiger partial charge is 0.354 e. The maximum atomic E-state index is 11.8. The van der Waals surface area contributed by atoms with Crippen LogP contribution in [-0.4, -0.2) is 47.4 Å². The van der Waals surface area contributed by atoms with E-state index >= 15 is 0 Å². The molecule has 0 spiro atoms. The molecule has 3 rings (SSSR count). The second-order valence-electron chi connectivity index (χ2n) is 5.85. The predicted octanol–water partition coefficient (Wildman–Crippen LogP) is 0.928. The van der Waals surface area contributed by atoms with E-state index in [0.717, 1.165) is 36.7 Å². The van der Waals surface area contributed by atoms with Crippen molar-refractivity contribution >= 4 is 11.8 Å². The number of anilines is 2. The quantitative estimate of drug-likeness (QED) is 0.908. The summed E-state index contributed by atoms with van der Waals surface area (Å²) in [6.45, 7) is 3.63.